The molecule has 3 heteroatoms. The smallest absolute Gasteiger partial charge is 0.214 e. The highest BCUT2D eigenvalue weighted by molar-refractivity contribution is 5.37. The van der Waals surface area contributed by atoms with Gasteiger partial charge in [-0.25, -0.2) is 4.98 Å². The molecule has 1 aromatic heterocycles. The van der Waals surface area contributed by atoms with E-state index in [9.17, 15) is 4.39 Å². The fraction of sp³-hybridized carbons (Fsp3) is 0.667. The molecular weight excluding hydrogens is 227 g/mol. The second kappa shape index (κ2) is 3.69. The zero-order valence-corrected chi connectivity index (χ0v) is 11.3. The van der Waals surface area contributed by atoms with Crippen LogP contribution >= 0.6 is 0 Å². The third kappa shape index (κ3) is 1.49. The van der Waals surface area contributed by atoms with E-state index in [0.29, 0.717) is 22.7 Å². The summed E-state index contributed by atoms with van der Waals surface area (Å²) in [5, 5.41) is 3.46. The molecule has 0 radical (unpaired) electrons. The monoisotopic (exact) mass is 248 g/mol. The normalized spacial score (nSPS) is 36.9. The lowest BCUT2D eigenvalue weighted by Gasteiger charge is -2.39. The molecule has 0 aliphatic heterocycles. The number of halogens is 1. The lowest BCUT2D eigenvalue weighted by Crippen LogP contribution is -2.40. The topological polar surface area (TPSA) is 24.9 Å². The summed E-state index contributed by atoms with van der Waals surface area (Å²) in [6.07, 6.45) is 3.78. The molecule has 2 aliphatic rings. The first-order chi connectivity index (χ1) is 8.43. The SMILES string of the molecule is CC1(C)C2CCC1(C)C(Nc1cccc(F)n1)C2. The molecular formula is C15H21FN2. The van der Waals surface area contributed by atoms with E-state index in [1.165, 1.54) is 25.3 Å². The second-order valence-corrected chi connectivity index (χ2v) is 6.65. The molecule has 2 fully saturated rings. The largest absolute Gasteiger partial charge is 0.367 e. The Kier molecular flexibility index (Phi) is 2.45. The van der Waals surface area contributed by atoms with Crippen LogP contribution in [-0.4, -0.2) is 11.0 Å². The maximum absolute atomic E-state index is 13.1. The van der Waals surface area contributed by atoms with Gasteiger partial charge in [0.05, 0.1) is 0 Å². The molecule has 3 rings (SSSR count). The van der Waals surface area contributed by atoms with Gasteiger partial charge in [-0.05, 0) is 48.1 Å². The molecule has 0 saturated heterocycles. The van der Waals surface area contributed by atoms with Crippen molar-refractivity contribution in [1.29, 1.82) is 0 Å². The van der Waals surface area contributed by atoms with Crippen LogP contribution in [0.15, 0.2) is 18.2 Å². The first kappa shape index (κ1) is 11.9. The van der Waals surface area contributed by atoms with Gasteiger partial charge in [-0.1, -0.05) is 26.8 Å². The molecule has 0 spiro atoms. The van der Waals surface area contributed by atoms with Crippen molar-refractivity contribution in [3.63, 3.8) is 0 Å². The lowest BCUT2D eigenvalue weighted by atomic mass is 9.69. The van der Waals surface area contributed by atoms with Crippen molar-refractivity contribution in [3.05, 3.63) is 24.1 Å². The molecule has 0 aromatic carbocycles. The third-order valence-electron chi connectivity index (χ3n) is 5.83. The van der Waals surface area contributed by atoms with Gasteiger partial charge in [0.15, 0.2) is 0 Å². The summed E-state index contributed by atoms with van der Waals surface area (Å²) in [5.41, 5.74) is 0.670. The van der Waals surface area contributed by atoms with Crippen LogP contribution in [0.1, 0.15) is 40.0 Å². The van der Waals surface area contributed by atoms with Crippen LogP contribution in [0.3, 0.4) is 0 Å². The van der Waals surface area contributed by atoms with Crippen molar-refractivity contribution in [1.82, 2.24) is 4.98 Å². The Morgan fingerprint density at radius 3 is 2.67 bits per heavy atom. The molecule has 2 aliphatic carbocycles. The Hall–Kier alpha value is -1.12. The highest BCUT2D eigenvalue weighted by Gasteiger charge is 2.61. The number of nitrogens with one attached hydrogen (secondary N) is 1. The van der Waals surface area contributed by atoms with Gasteiger partial charge in [-0.3, -0.25) is 0 Å². The molecule has 18 heavy (non-hydrogen) atoms. The maximum Gasteiger partial charge on any atom is 0.214 e. The van der Waals surface area contributed by atoms with E-state index in [4.69, 9.17) is 0 Å². The van der Waals surface area contributed by atoms with Crippen LogP contribution in [-0.2, 0) is 0 Å². The average molecular weight is 248 g/mol. The fourth-order valence-electron chi connectivity index (χ4n) is 4.09. The fourth-order valence-corrected chi connectivity index (χ4v) is 4.09. The molecule has 3 atom stereocenters. The predicted molar refractivity (Wildman–Crippen MR) is 70.8 cm³/mol. The summed E-state index contributed by atoms with van der Waals surface area (Å²) in [6.45, 7) is 7.13. The van der Waals surface area contributed by atoms with Crippen LogP contribution in [0.5, 0.6) is 0 Å². The molecule has 1 heterocycles. The molecule has 0 amide bonds. The first-order valence-electron chi connectivity index (χ1n) is 6.82. The molecule has 1 N–H and O–H groups in total. The van der Waals surface area contributed by atoms with Crippen molar-refractivity contribution >= 4 is 5.82 Å². The van der Waals surface area contributed by atoms with Gasteiger partial charge in [0.25, 0.3) is 0 Å². The summed E-state index contributed by atoms with van der Waals surface area (Å²) < 4.78 is 13.1. The minimum absolute atomic E-state index is 0.297. The number of rotatable bonds is 2. The molecule has 1 aromatic rings. The van der Waals surface area contributed by atoms with E-state index in [0.717, 1.165) is 5.92 Å². The minimum Gasteiger partial charge on any atom is -0.367 e. The van der Waals surface area contributed by atoms with E-state index in [-0.39, 0.29) is 0 Å². The zero-order chi connectivity index (χ0) is 13.0. The van der Waals surface area contributed by atoms with Gasteiger partial charge in [0.2, 0.25) is 5.95 Å². The third-order valence-corrected chi connectivity index (χ3v) is 5.83. The number of fused-ring (bicyclic) bond motifs is 2. The summed E-state index contributed by atoms with van der Waals surface area (Å²) >= 11 is 0. The molecule has 2 nitrogen and oxygen atoms in total. The van der Waals surface area contributed by atoms with Gasteiger partial charge in [0, 0.05) is 6.04 Å². The maximum atomic E-state index is 13.1. The van der Waals surface area contributed by atoms with E-state index in [2.05, 4.69) is 31.1 Å². The minimum atomic E-state index is -0.410. The van der Waals surface area contributed by atoms with Crippen molar-refractivity contribution in [3.8, 4) is 0 Å². The van der Waals surface area contributed by atoms with E-state index in [1.54, 1.807) is 6.07 Å². The van der Waals surface area contributed by atoms with E-state index < -0.39 is 5.95 Å². The first-order valence-corrected chi connectivity index (χ1v) is 6.82. The average Bonchev–Trinajstić information content (AvgIpc) is 2.62. The second-order valence-electron chi connectivity index (χ2n) is 6.65. The number of aromatic nitrogens is 1. The van der Waals surface area contributed by atoms with Crippen molar-refractivity contribution in [2.45, 2.75) is 46.1 Å². The van der Waals surface area contributed by atoms with Crippen LogP contribution in [0.2, 0.25) is 0 Å². The Balaban J connectivity index is 1.84. The standard InChI is InChI=1S/C15H21FN2/c1-14(2)10-7-8-15(14,3)11(9-10)17-13-6-4-5-12(16)18-13/h4-6,10-11H,7-9H2,1-3H3,(H,17,18). The Labute approximate surface area is 108 Å². The van der Waals surface area contributed by atoms with Crippen molar-refractivity contribution in [2.24, 2.45) is 16.7 Å². The molecule has 3 unspecified atom stereocenters. The number of nitrogens with zero attached hydrogens (tertiary/aromatic N) is 1. The van der Waals surface area contributed by atoms with E-state index >= 15 is 0 Å². The Bertz CT molecular complexity index is 471. The number of anilines is 1. The van der Waals surface area contributed by atoms with Gasteiger partial charge in [-0.2, -0.15) is 4.39 Å². The number of hydrogen-bond donors (Lipinski definition) is 1. The van der Waals surface area contributed by atoms with Crippen molar-refractivity contribution in [2.75, 3.05) is 5.32 Å². The van der Waals surface area contributed by atoms with Crippen LogP contribution in [0.25, 0.3) is 0 Å². The van der Waals surface area contributed by atoms with Crippen LogP contribution in [0.4, 0.5) is 10.2 Å². The molecule has 98 valence electrons. The summed E-state index contributed by atoms with van der Waals surface area (Å²) in [5.74, 6) is 1.05. The summed E-state index contributed by atoms with van der Waals surface area (Å²) in [4.78, 5) is 3.92. The van der Waals surface area contributed by atoms with Gasteiger partial charge >= 0.3 is 0 Å². The van der Waals surface area contributed by atoms with Gasteiger partial charge < -0.3 is 5.32 Å². The molecule has 2 bridgehead atoms. The Morgan fingerprint density at radius 1 is 1.33 bits per heavy atom. The van der Waals surface area contributed by atoms with Gasteiger partial charge in [0.1, 0.15) is 5.82 Å². The van der Waals surface area contributed by atoms with Gasteiger partial charge in [-0.15, -0.1) is 0 Å². The lowest BCUT2D eigenvalue weighted by molar-refractivity contribution is 0.142. The highest BCUT2D eigenvalue weighted by atomic mass is 19.1. The van der Waals surface area contributed by atoms with Crippen molar-refractivity contribution < 1.29 is 4.39 Å². The van der Waals surface area contributed by atoms with E-state index in [1.807, 2.05) is 6.07 Å². The summed E-state index contributed by atoms with van der Waals surface area (Å²) in [6, 6.07) is 5.37. The quantitative estimate of drug-likeness (QED) is 0.804. The Morgan fingerprint density at radius 2 is 2.11 bits per heavy atom. The van der Waals surface area contributed by atoms with Crippen LogP contribution in [0, 0.1) is 22.7 Å². The summed E-state index contributed by atoms with van der Waals surface area (Å²) in [7, 11) is 0. The highest BCUT2D eigenvalue weighted by Crippen LogP contribution is 2.65. The number of pyridine rings is 1. The van der Waals surface area contributed by atoms with Crippen LogP contribution < -0.4 is 5.32 Å². The zero-order valence-electron chi connectivity index (χ0n) is 11.3. The number of hydrogen-bond acceptors (Lipinski definition) is 2. The predicted octanol–water partition coefficient (Wildman–Crippen LogP) is 3.85. The molecule has 2 saturated carbocycles.